The summed E-state index contributed by atoms with van der Waals surface area (Å²) in [4.78, 5) is 0. The molecule has 0 radical (unpaired) electrons. The monoisotopic (exact) mass is 191 g/mol. The highest BCUT2D eigenvalue weighted by Gasteiger charge is 2.03. The maximum absolute atomic E-state index is 10.4. The van der Waals surface area contributed by atoms with Crippen molar-refractivity contribution in [1.82, 2.24) is 19.7 Å². The predicted octanol–water partition coefficient (Wildman–Crippen LogP) is -1.89. The molecule has 3 N–H and O–H groups in total. The first-order chi connectivity index (χ1) is 5.47. The van der Waals surface area contributed by atoms with Crippen LogP contribution < -0.4 is 9.86 Å². The number of aryl methyl sites for hydroxylation is 1. The Morgan fingerprint density at radius 1 is 1.75 bits per heavy atom. The molecule has 0 aromatic carbocycles. The quantitative estimate of drug-likeness (QED) is 0.582. The molecule has 68 valence electrons. The third-order valence-corrected chi connectivity index (χ3v) is 1.65. The zero-order valence-corrected chi connectivity index (χ0v) is 7.24. The van der Waals surface area contributed by atoms with Crippen LogP contribution in [0.25, 0.3) is 0 Å². The molecule has 0 atom stereocenters. The summed E-state index contributed by atoms with van der Waals surface area (Å²) in [6.45, 7) is 0.0622. The number of nitrogens with zero attached hydrogens (tertiary/aromatic N) is 3. The number of nitrogens with one attached hydrogen (secondary N) is 1. The van der Waals surface area contributed by atoms with Crippen molar-refractivity contribution in [1.29, 1.82) is 0 Å². The maximum atomic E-state index is 10.4. The number of aromatic nitrogens is 3. The first-order valence-corrected chi connectivity index (χ1v) is 4.64. The van der Waals surface area contributed by atoms with Gasteiger partial charge >= 0.3 is 0 Å². The van der Waals surface area contributed by atoms with Crippen LogP contribution in [0, 0.1) is 0 Å². The SMILES string of the molecule is Cn1cc(CNS(N)(=O)=O)nn1. The van der Waals surface area contributed by atoms with Gasteiger partial charge < -0.3 is 0 Å². The van der Waals surface area contributed by atoms with Crippen molar-refractivity contribution < 1.29 is 8.42 Å². The molecule has 0 bridgehead atoms. The molecular formula is C4H9N5O2S. The fourth-order valence-corrected chi connectivity index (χ4v) is 1.000. The molecular weight excluding hydrogens is 182 g/mol. The topological polar surface area (TPSA) is 103 Å². The average molecular weight is 191 g/mol. The highest BCUT2D eigenvalue weighted by atomic mass is 32.2. The first-order valence-electron chi connectivity index (χ1n) is 3.10. The summed E-state index contributed by atoms with van der Waals surface area (Å²) in [6, 6.07) is 0. The minimum atomic E-state index is -3.64. The van der Waals surface area contributed by atoms with Crippen LogP contribution in [0.2, 0.25) is 0 Å². The van der Waals surface area contributed by atoms with Crippen molar-refractivity contribution in [2.24, 2.45) is 12.2 Å². The second kappa shape index (κ2) is 3.17. The second-order valence-corrected chi connectivity index (χ2v) is 3.63. The number of hydrogen-bond acceptors (Lipinski definition) is 4. The molecule has 0 unspecified atom stereocenters. The van der Waals surface area contributed by atoms with Gasteiger partial charge in [-0.15, -0.1) is 5.10 Å². The van der Waals surface area contributed by atoms with Crippen molar-refractivity contribution in [2.75, 3.05) is 0 Å². The van der Waals surface area contributed by atoms with Gasteiger partial charge in [0.05, 0.1) is 12.2 Å². The lowest BCUT2D eigenvalue weighted by molar-refractivity contribution is 0.582. The van der Waals surface area contributed by atoms with Gasteiger partial charge in [0.15, 0.2) is 0 Å². The Morgan fingerprint density at radius 3 is 2.83 bits per heavy atom. The van der Waals surface area contributed by atoms with E-state index < -0.39 is 10.2 Å². The van der Waals surface area contributed by atoms with Gasteiger partial charge in [0.25, 0.3) is 10.2 Å². The van der Waals surface area contributed by atoms with E-state index in [2.05, 4.69) is 15.0 Å². The van der Waals surface area contributed by atoms with Crippen LogP contribution in [0.1, 0.15) is 5.69 Å². The zero-order chi connectivity index (χ0) is 9.19. The van der Waals surface area contributed by atoms with Crippen LogP contribution in [0.4, 0.5) is 0 Å². The van der Waals surface area contributed by atoms with Crippen molar-refractivity contribution in [3.8, 4) is 0 Å². The third kappa shape index (κ3) is 2.95. The lowest BCUT2D eigenvalue weighted by atomic mass is 10.5. The molecule has 1 heterocycles. The Labute approximate surface area is 69.7 Å². The van der Waals surface area contributed by atoms with Gasteiger partial charge in [0.1, 0.15) is 0 Å². The predicted molar refractivity (Wildman–Crippen MR) is 40.9 cm³/mol. The Balaban J connectivity index is 2.55. The lowest BCUT2D eigenvalue weighted by Gasteiger charge is -1.95. The summed E-state index contributed by atoms with van der Waals surface area (Å²) in [7, 11) is -1.95. The van der Waals surface area contributed by atoms with Gasteiger partial charge in [-0.25, -0.2) is 5.14 Å². The van der Waals surface area contributed by atoms with Crippen LogP contribution in [-0.2, 0) is 23.8 Å². The van der Waals surface area contributed by atoms with E-state index in [1.54, 1.807) is 13.2 Å². The van der Waals surface area contributed by atoms with E-state index in [0.29, 0.717) is 5.69 Å². The Kier molecular flexibility index (Phi) is 2.40. The second-order valence-electron chi connectivity index (χ2n) is 2.25. The van der Waals surface area contributed by atoms with Gasteiger partial charge in [0.2, 0.25) is 0 Å². The molecule has 0 saturated heterocycles. The van der Waals surface area contributed by atoms with Crippen molar-refractivity contribution in [2.45, 2.75) is 6.54 Å². The maximum Gasteiger partial charge on any atom is 0.274 e. The fraction of sp³-hybridized carbons (Fsp3) is 0.500. The van der Waals surface area contributed by atoms with Crippen LogP contribution >= 0.6 is 0 Å². The zero-order valence-electron chi connectivity index (χ0n) is 6.43. The van der Waals surface area contributed by atoms with Gasteiger partial charge in [-0.2, -0.15) is 13.1 Å². The Bertz CT molecular complexity index is 355. The molecule has 0 amide bonds. The molecule has 0 saturated carbocycles. The van der Waals surface area contributed by atoms with E-state index in [-0.39, 0.29) is 6.54 Å². The minimum Gasteiger partial charge on any atom is -0.255 e. The summed E-state index contributed by atoms with van der Waals surface area (Å²) in [5, 5.41) is 12.0. The molecule has 1 rings (SSSR count). The fourth-order valence-electron chi connectivity index (χ4n) is 0.651. The molecule has 1 aromatic rings. The van der Waals surface area contributed by atoms with Crippen LogP contribution in [0.3, 0.4) is 0 Å². The number of nitrogens with two attached hydrogens (primary N) is 1. The van der Waals surface area contributed by atoms with E-state index >= 15 is 0 Å². The summed E-state index contributed by atoms with van der Waals surface area (Å²) in [6.07, 6.45) is 1.60. The lowest BCUT2D eigenvalue weighted by Crippen LogP contribution is -2.30. The Hall–Kier alpha value is -0.990. The van der Waals surface area contributed by atoms with Gasteiger partial charge in [-0.1, -0.05) is 5.21 Å². The molecule has 0 aliphatic heterocycles. The van der Waals surface area contributed by atoms with Crippen LogP contribution in [0.5, 0.6) is 0 Å². The van der Waals surface area contributed by atoms with E-state index in [4.69, 9.17) is 5.14 Å². The molecule has 1 aromatic heterocycles. The van der Waals surface area contributed by atoms with Crippen molar-refractivity contribution >= 4 is 10.2 Å². The van der Waals surface area contributed by atoms with Crippen molar-refractivity contribution in [3.05, 3.63) is 11.9 Å². The van der Waals surface area contributed by atoms with Crippen LogP contribution in [-0.4, -0.2) is 23.4 Å². The largest absolute Gasteiger partial charge is 0.274 e. The van der Waals surface area contributed by atoms with E-state index in [1.165, 1.54) is 4.68 Å². The average Bonchev–Trinajstić information content (AvgIpc) is 2.30. The third-order valence-electron chi connectivity index (χ3n) is 1.10. The van der Waals surface area contributed by atoms with Gasteiger partial charge in [-0.3, -0.25) is 4.68 Å². The smallest absolute Gasteiger partial charge is 0.255 e. The van der Waals surface area contributed by atoms with Crippen LogP contribution in [0.15, 0.2) is 6.20 Å². The van der Waals surface area contributed by atoms with Crippen molar-refractivity contribution in [3.63, 3.8) is 0 Å². The van der Waals surface area contributed by atoms with Gasteiger partial charge in [-0.05, 0) is 0 Å². The normalized spacial score (nSPS) is 11.8. The molecule has 0 aliphatic carbocycles. The molecule has 7 nitrogen and oxygen atoms in total. The van der Waals surface area contributed by atoms with E-state index in [9.17, 15) is 8.42 Å². The summed E-state index contributed by atoms with van der Waals surface area (Å²) in [5.74, 6) is 0. The standard InChI is InChI=1S/C4H9N5O2S/c1-9-3-4(7-8-9)2-6-12(5,10)11/h3,6H,2H2,1H3,(H2,5,10,11). The number of hydrogen-bond donors (Lipinski definition) is 2. The first kappa shape index (κ1) is 9.10. The van der Waals surface area contributed by atoms with E-state index in [1.807, 2.05) is 0 Å². The highest BCUT2D eigenvalue weighted by Crippen LogP contribution is 1.89. The molecule has 0 aliphatic rings. The molecule has 8 heteroatoms. The molecule has 12 heavy (non-hydrogen) atoms. The summed E-state index contributed by atoms with van der Waals surface area (Å²) in [5.41, 5.74) is 0.520. The summed E-state index contributed by atoms with van der Waals surface area (Å²) >= 11 is 0. The highest BCUT2D eigenvalue weighted by molar-refractivity contribution is 7.87. The van der Waals surface area contributed by atoms with E-state index in [0.717, 1.165) is 0 Å². The Morgan fingerprint density at radius 2 is 2.42 bits per heavy atom. The van der Waals surface area contributed by atoms with Gasteiger partial charge in [0, 0.05) is 13.2 Å². The number of rotatable bonds is 3. The molecule has 0 fully saturated rings. The molecule has 0 spiro atoms. The minimum absolute atomic E-state index is 0.0622. The summed E-state index contributed by atoms with van der Waals surface area (Å²) < 4.78 is 24.4.